The lowest BCUT2D eigenvalue weighted by Crippen LogP contribution is -2.31. The number of hydrogen-bond acceptors (Lipinski definition) is 3. The van der Waals surface area contributed by atoms with Gasteiger partial charge in [-0.05, 0) is 282 Å². The quantitative estimate of drug-likeness (QED) is 0.0402. The van der Waals surface area contributed by atoms with E-state index in [1.807, 2.05) is 0 Å². The van der Waals surface area contributed by atoms with Crippen molar-refractivity contribution < 1.29 is 0 Å². The Morgan fingerprint density at radius 2 is 0.528 bits per heavy atom. The summed E-state index contributed by atoms with van der Waals surface area (Å²) in [6.45, 7) is 41.6. The second kappa shape index (κ2) is 32.3. The first-order valence-electron chi connectivity index (χ1n) is 43.7. The highest BCUT2D eigenvalue weighted by Crippen LogP contribution is 2.63. The lowest BCUT2D eigenvalue weighted by Gasteiger charge is -2.39. The maximum absolute atomic E-state index is 4.98. The molecule has 8 unspecified atom stereocenters. The Bertz CT molecular complexity index is 4800. The molecule has 0 aliphatic heterocycles. The molecule has 3 heteroatoms. The number of rotatable bonds is 34. The van der Waals surface area contributed by atoms with E-state index >= 15 is 0 Å². The maximum atomic E-state index is 4.98. The van der Waals surface area contributed by atoms with Crippen LogP contribution >= 0.6 is 11.7 Å². The smallest absolute Gasteiger partial charge is 0.112 e. The summed E-state index contributed by atoms with van der Waals surface area (Å²) in [5, 5.41) is 0. The molecule has 0 fully saturated rings. The minimum Gasteiger partial charge on any atom is -0.173 e. The van der Waals surface area contributed by atoms with Gasteiger partial charge in [-0.1, -0.05) is 322 Å². The summed E-state index contributed by atoms with van der Waals surface area (Å²) < 4.78 is 9.81. The largest absolute Gasteiger partial charge is 0.173 e. The summed E-state index contributed by atoms with van der Waals surface area (Å²) in [5.74, 6) is 4.69. The van der Waals surface area contributed by atoms with Crippen LogP contribution in [0.1, 0.15) is 302 Å². The van der Waals surface area contributed by atoms with Gasteiger partial charge < -0.3 is 0 Å². The SMILES string of the molecule is CCCCC(CC)CC1(CC(CC)CCCC)c2cc(-c3ccc4c(c3)C(CC(C)CC)(CC(C)CC)c3cc(-c5ccc6c(c5)C(CC(C)CC)(CC(C)CC)c5cc(-c7ccc8c(c7)C(CC(C)CC)(CC(C)CC)c7ccccc7-8)ccc5-6)ccc3-4)ccc2-c2ccc(-c3ccc(C)c4nsnc34)cc21. The molecule has 4 aliphatic carbocycles. The van der Waals surface area contributed by atoms with E-state index < -0.39 is 0 Å². The molecule has 0 amide bonds. The van der Waals surface area contributed by atoms with Crippen molar-refractivity contribution in [2.24, 2.45) is 47.3 Å². The third-order valence-electron chi connectivity index (χ3n) is 29.0. The van der Waals surface area contributed by atoms with Crippen molar-refractivity contribution >= 4 is 22.8 Å². The predicted molar refractivity (Wildman–Crippen MR) is 469 cm³/mol. The molecule has 8 atom stereocenters. The first-order chi connectivity index (χ1) is 52.3. The highest BCUT2D eigenvalue weighted by atomic mass is 32.1. The van der Waals surface area contributed by atoms with Crippen molar-refractivity contribution in [2.75, 3.05) is 0 Å². The molecule has 1 aromatic heterocycles. The van der Waals surface area contributed by atoms with Crippen LogP contribution in [0, 0.1) is 54.3 Å². The van der Waals surface area contributed by atoms with E-state index in [-0.39, 0.29) is 21.7 Å². The fourth-order valence-corrected chi connectivity index (χ4v) is 22.4. The molecule has 0 saturated heterocycles. The first kappa shape index (κ1) is 77.5. The van der Waals surface area contributed by atoms with Gasteiger partial charge in [0.15, 0.2) is 0 Å². The average Bonchev–Trinajstić information content (AvgIpc) is 1.58. The summed E-state index contributed by atoms with van der Waals surface area (Å²) in [4.78, 5) is 0. The van der Waals surface area contributed by atoms with Crippen LogP contribution < -0.4 is 0 Å². The number of unbranched alkanes of at least 4 members (excludes halogenated alkanes) is 2. The molecule has 0 N–H and O–H groups in total. The average molecular weight is 1450 g/mol. The van der Waals surface area contributed by atoms with Crippen LogP contribution in [0.5, 0.6) is 0 Å². The van der Waals surface area contributed by atoms with Gasteiger partial charge in [0.25, 0.3) is 0 Å². The van der Waals surface area contributed by atoms with E-state index in [1.54, 1.807) is 44.5 Å². The topological polar surface area (TPSA) is 25.8 Å². The number of hydrogen-bond donors (Lipinski definition) is 0. The number of fused-ring (bicyclic) bond motifs is 13. The fraction of sp³-hybridized carbons (Fsp3) is 0.486. The molecule has 566 valence electrons. The molecule has 2 nitrogen and oxygen atoms in total. The highest BCUT2D eigenvalue weighted by Gasteiger charge is 2.50. The van der Waals surface area contributed by atoms with Gasteiger partial charge in [0.1, 0.15) is 11.0 Å². The monoisotopic (exact) mass is 1450 g/mol. The van der Waals surface area contributed by atoms with E-state index in [0.717, 1.165) is 62.4 Å². The van der Waals surface area contributed by atoms with Crippen LogP contribution in [0.3, 0.4) is 0 Å². The molecular formula is C105H130N2S. The van der Waals surface area contributed by atoms with E-state index in [9.17, 15) is 0 Å². The maximum Gasteiger partial charge on any atom is 0.112 e. The predicted octanol–water partition coefficient (Wildman–Crippen LogP) is 31.6. The third-order valence-corrected chi connectivity index (χ3v) is 29.5. The van der Waals surface area contributed by atoms with Gasteiger partial charge in [-0.25, -0.2) is 0 Å². The second-order valence-electron chi connectivity index (χ2n) is 36.1. The van der Waals surface area contributed by atoms with Crippen LogP contribution in [0.25, 0.3) is 100 Å². The zero-order valence-electron chi connectivity index (χ0n) is 69.6. The molecule has 0 bridgehead atoms. The molecule has 14 rings (SSSR count). The normalized spacial score (nSPS) is 20.8. The van der Waals surface area contributed by atoms with Crippen molar-refractivity contribution in [1.29, 1.82) is 0 Å². The van der Waals surface area contributed by atoms with Crippen LogP contribution in [-0.4, -0.2) is 8.75 Å². The zero-order chi connectivity index (χ0) is 76.0. The van der Waals surface area contributed by atoms with Gasteiger partial charge in [-0.15, -0.1) is 0 Å². The van der Waals surface area contributed by atoms with Crippen LogP contribution in [0.15, 0.2) is 164 Å². The molecule has 0 spiro atoms. The summed E-state index contributed by atoms with van der Waals surface area (Å²) in [7, 11) is 0. The summed E-state index contributed by atoms with van der Waals surface area (Å²) in [6.07, 6.45) is 26.3. The highest BCUT2D eigenvalue weighted by molar-refractivity contribution is 7.00. The zero-order valence-corrected chi connectivity index (χ0v) is 70.4. The van der Waals surface area contributed by atoms with Gasteiger partial charge in [-0.3, -0.25) is 0 Å². The lowest BCUT2D eigenvalue weighted by molar-refractivity contribution is 0.266. The van der Waals surface area contributed by atoms with Crippen molar-refractivity contribution in [2.45, 2.75) is 281 Å². The van der Waals surface area contributed by atoms with Crippen molar-refractivity contribution in [3.05, 3.63) is 214 Å². The van der Waals surface area contributed by atoms with Gasteiger partial charge >= 0.3 is 0 Å². The summed E-state index contributed by atoms with van der Waals surface area (Å²) in [5.41, 5.74) is 37.5. The van der Waals surface area contributed by atoms with Gasteiger partial charge in [0.05, 0.1) is 11.7 Å². The Kier molecular flexibility index (Phi) is 23.2. The van der Waals surface area contributed by atoms with Crippen LogP contribution in [0.2, 0.25) is 0 Å². The molecule has 4 aliphatic rings. The number of nitrogens with zero attached hydrogens (tertiary/aromatic N) is 2. The fourth-order valence-electron chi connectivity index (χ4n) is 21.8. The van der Waals surface area contributed by atoms with E-state index in [0.29, 0.717) is 47.3 Å². The Balaban J connectivity index is 0.892. The Morgan fingerprint density at radius 1 is 0.269 bits per heavy atom. The Morgan fingerprint density at radius 3 is 0.833 bits per heavy atom. The lowest BCUT2D eigenvalue weighted by atomic mass is 9.64. The standard InChI is InChI=1S/C105H130N2S/c1-18-28-32-74(26-9)65-105(66-75(27-10)33-29-19-2)98-57-81(42-50-90(98)91-51-43-82(58-99(91)105)83-44-36-73(17)100-101(83)107-108-106-100)80-41-49-89-88-48-40-79(55-96(88)104(97(89)56-80,63-71(15)24-7)64-72(16)25-8)78-39-47-87-86-46-38-77(53-94(86)103(95(87)54-78,61-69(13)22-5)62-70(14)23-6)76-37-45-85-84-34-30-31-35-92(84)102(93(85)52-76,59-67(11)20-3)60-68(12)21-4/h30-31,34-58,67-72,74-75H,18-29,32-33,59-66H2,1-17H3. The van der Waals surface area contributed by atoms with Gasteiger partial charge in [0.2, 0.25) is 0 Å². The molecule has 10 aromatic rings. The van der Waals surface area contributed by atoms with Crippen LogP contribution in [-0.2, 0) is 21.7 Å². The van der Waals surface area contributed by atoms with Gasteiger partial charge in [-0.2, -0.15) is 8.75 Å². The molecule has 0 saturated carbocycles. The minimum absolute atomic E-state index is 0.00851. The second-order valence-corrected chi connectivity index (χ2v) is 36.7. The van der Waals surface area contributed by atoms with E-state index in [1.165, 1.54) is 196 Å². The van der Waals surface area contributed by atoms with E-state index in [4.69, 9.17) is 8.75 Å². The molecule has 9 aromatic carbocycles. The Hall–Kier alpha value is -7.20. The molecule has 0 radical (unpaired) electrons. The van der Waals surface area contributed by atoms with Crippen molar-refractivity contribution in [1.82, 2.24) is 8.75 Å². The minimum atomic E-state index is -0.160. The molecular weight excluding hydrogens is 1320 g/mol. The van der Waals surface area contributed by atoms with Crippen LogP contribution in [0.4, 0.5) is 0 Å². The molecule has 1 heterocycles. The first-order valence-corrected chi connectivity index (χ1v) is 44.4. The number of benzene rings is 9. The van der Waals surface area contributed by atoms with Crippen molar-refractivity contribution in [3.8, 4) is 89.0 Å². The van der Waals surface area contributed by atoms with E-state index in [2.05, 4.69) is 281 Å². The molecule has 108 heavy (non-hydrogen) atoms. The summed E-state index contributed by atoms with van der Waals surface area (Å²) >= 11 is 1.35. The summed E-state index contributed by atoms with van der Waals surface area (Å²) in [6, 6.07) is 68.3. The number of aromatic nitrogens is 2. The van der Waals surface area contributed by atoms with Crippen molar-refractivity contribution in [3.63, 3.8) is 0 Å². The third kappa shape index (κ3) is 13.8. The Labute approximate surface area is 658 Å². The van der Waals surface area contributed by atoms with Gasteiger partial charge in [0, 0.05) is 27.2 Å². The number of aryl methyl sites for hydroxylation is 1.